The average Bonchev–Trinajstić information content (AvgIpc) is 3.10. The fourth-order valence-corrected chi connectivity index (χ4v) is 2.81. The summed E-state index contributed by atoms with van der Waals surface area (Å²) in [7, 11) is 0. The molecule has 1 aromatic heterocycles. The highest BCUT2D eigenvalue weighted by atomic mass is 32.1. The van der Waals surface area contributed by atoms with E-state index in [1.165, 1.54) is 36.4 Å². The molecule has 1 aromatic carbocycles. The molecule has 1 saturated heterocycles. The molecule has 150 valence electrons. The number of thiocarbonyl (C=S) groups is 1. The third-order valence-electron chi connectivity index (χ3n) is 3.76. The Balaban J connectivity index is 1.87. The SMILES string of the molecule is C=CCN1C(=O)C(=Cc2ccc(-c3cccc(OC(F)(F)F)c3)o2)C(=O)NC1=S. The lowest BCUT2D eigenvalue weighted by atomic mass is 10.1. The van der Waals surface area contributed by atoms with Gasteiger partial charge in [0, 0.05) is 12.1 Å². The summed E-state index contributed by atoms with van der Waals surface area (Å²) in [5, 5.41) is 2.37. The zero-order valence-electron chi connectivity index (χ0n) is 14.7. The van der Waals surface area contributed by atoms with Crippen molar-refractivity contribution in [3.63, 3.8) is 0 Å². The Bertz CT molecular complexity index is 1030. The zero-order valence-corrected chi connectivity index (χ0v) is 15.5. The minimum absolute atomic E-state index is 0.0290. The average molecular weight is 422 g/mol. The van der Waals surface area contributed by atoms with Crippen molar-refractivity contribution in [3.05, 3.63) is 60.4 Å². The predicted octanol–water partition coefficient (Wildman–Crippen LogP) is 3.66. The molecule has 6 nitrogen and oxygen atoms in total. The number of nitrogens with one attached hydrogen (secondary N) is 1. The number of amides is 2. The van der Waals surface area contributed by atoms with Gasteiger partial charge in [-0.25, -0.2) is 0 Å². The molecule has 0 bridgehead atoms. The van der Waals surface area contributed by atoms with Crippen molar-refractivity contribution in [1.82, 2.24) is 10.2 Å². The normalized spacial score (nSPS) is 16.2. The van der Waals surface area contributed by atoms with Gasteiger partial charge < -0.3 is 9.15 Å². The highest BCUT2D eigenvalue weighted by Crippen LogP contribution is 2.29. The van der Waals surface area contributed by atoms with Crippen LogP contribution in [-0.2, 0) is 9.59 Å². The summed E-state index contributed by atoms with van der Waals surface area (Å²) in [6, 6.07) is 8.20. The molecule has 1 aliphatic heterocycles. The number of carbonyl (C=O) groups is 2. The quantitative estimate of drug-likeness (QED) is 0.345. The van der Waals surface area contributed by atoms with Gasteiger partial charge in [0.15, 0.2) is 5.11 Å². The molecular formula is C19H13F3N2O4S. The van der Waals surface area contributed by atoms with Gasteiger partial charge in [-0.2, -0.15) is 0 Å². The smallest absolute Gasteiger partial charge is 0.457 e. The van der Waals surface area contributed by atoms with Gasteiger partial charge in [0.1, 0.15) is 22.8 Å². The van der Waals surface area contributed by atoms with E-state index in [-0.39, 0.29) is 28.8 Å². The van der Waals surface area contributed by atoms with Gasteiger partial charge >= 0.3 is 6.36 Å². The number of hydrogen-bond acceptors (Lipinski definition) is 5. The van der Waals surface area contributed by atoms with Crippen LogP contribution in [0.4, 0.5) is 13.2 Å². The van der Waals surface area contributed by atoms with Crippen LogP contribution in [0.2, 0.25) is 0 Å². The van der Waals surface area contributed by atoms with Gasteiger partial charge in [0.2, 0.25) is 0 Å². The summed E-state index contributed by atoms with van der Waals surface area (Å²) in [6.07, 6.45) is -2.13. The Morgan fingerprint density at radius 2 is 2.00 bits per heavy atom. The van der Waals surface area contributed by atoms with Crippen molar-refractivity contribution in [2.45, 2.75) is 6.36 Å². The van der Waals surface area contributed by atoms with E-state index in [2.05, 4.69) is 16.6 Å². The van der Waals surface area contributed by atoms with Crippen molar-refractivity contribution in [1.29, 1.82) is 0 Å². The topological polar surface area (TPSA) is 71.8 Å². The second-order valence-corrected chi connectivity index (χ2v) is 6.19. The third kappa shape index (κ3) is 4.72. The number of benzene rings is 1. The first-order chi connectivity index (χ1) is 13.7. The lowest BCUT2D eigenvalue weighted by Crippen LogP contribution is -2.53. The zero-order chi connectivity index (χ0) is 21.2. The van der Waals surface area contributed by atoms with Gasteiger partial charge in [-0.1, -0.05) is 18.2 Å². The summed E-state index contributed by atoms with van der Waals surface area (Å²) in [4.78, 5) is 25.8. The van der Waals surface area contributed by atoms with Crippen LogP contribution in [0.25, 0.3) is 17.4 Å². The van der Waals surface area contributed by atoms with Crippen LogP contribution in [0.15, 0.2) is 59.0 Å². The number of halogens is 3. The van der Waals surface area contributed by atoms with Crippen molar-refractivity contribution < 1.29 is 31.9 Å². The summed E-state index contributed by atoms with van der Waals surface area (Å²) in [5.74, 6) is -1.31. The van der Waals surface area contributed by atoms with E-state index >= 15 is 0 Å². The van der Waals surface area contributed by atoms with E-state index in [4.69, 9.17) is 16.6 Å². The molecule has 0 radical (unpaired) electrons. The molecule has 1 fully saturated rings. The second kappa shape index (κ2) is 7.92. The minimum atomic E-state index is -4.82. The Hall–Kier alpha value is -3.40. The van der Waals surface area contributed by atoms with Crippen molar-refractivity contribution in [2.24, 2.45) is 0 Å². The molecule has 3 rings (SSSR count). The number of nitrogens with zero attached hydrogens (tertiary/aromatic N) is 1. The van der Waals surface area contributed by atoms with Crippen LogP contribution < -0.4 is 10.1 Å². The molecule has 2 aromatic rings. The Labute approximate surface area is 168 Å². The summed E-state index contributed by atoms with van der Waals surface area (Å²) < 4.78 is 46.6. The first kappa shape index (κ1) is 20.3. The molecule has 2 amide bonds. The summed E-state index contributed by atoms with van der Waals surface area (Å²) >= 11 is 4.96. The third-order valence-corrected chi connectivity index (χ3v) is 4.09. The molecule has 0 atom stereocenters. The standard InChI is InChI=1S/C19H13F3N2O4S/c1-2-8-24-17(26)14(16(25)23-18(24)29)10-12-6-7-15(27-12)11-4-3-5-13(9-11)28-19(20,21)22/h2-7,9-10H,1,8H2,(H,23,25,29). The lowest BCUT2D eigenvalue weighted by molar-refractivity contribution is -0.274. The van der Waals surface area contributed by atoms with E-state index in [9.17, 15) is 22.8 Å². The van der Waals surface area contributed by atoms with Crippen molar-refractivity contribution >= 4 is 35.2 Å². The maximum atomic E-state index is 12.5. The molecular weight excluding hydrogens is 409 g/mol. The molecule has 0 spiro atoms. The second-order valence-electron chi connectivity index (χ2n) is 5.80. The molecule has 2 heterocycles. The number of carbonyl (C=O) groups excluding carboxylic acids is 2. The molecule has 10 heteroatoms. The maximum Gasteiger partial charge on any atom is 0.573 e. The first-order valence-electron chi connectivity index (χ1n) is 8.14. The van der Waals surface area contributed by atoms with E-state index < -0.39 is 23.9 Å². The van der Waals surface area contributed by atoms with E-state index in [0.717, 1.165) is 17.0 Å². The van der Waals surface area contributed by atoms with Crippen molar-refractivity contribution in [3.8, 4) is 17.1 Å². The monoisotopic (exact) mass is 422 g/mol. The minimum Gasteiger partial charge on any atom is -0.457 e. The largest absolute Gasteiger partial charge is 0.573 e. The van der Waals surface area contributed by atoms with Gasteiger partial charge in [-0.15, -0.1) is 19.8 Å². The summed E-state index contributed by atoms with van der Waals surface area (Å²) in [5.41, 5.74) is 0.126. The van der Waals surface area contributed by atoms with Crippen LogP contribution in [0.5, 0.6) is 5.75 Å². The number of ether oxygens (including phenoxy) is 1. The molecule has 0 saturated carbocycles. The predicted molar refractivity (Wildman–Crippen MR) is 101 cm³/mol. The van der Waals surface area contributed by atoms with Crippen LogP contribution in [-0.4, -0.2) is 34.7 Å². The highest BCUT2D eigenvalue weighted by molar-refractivity contribution is 7.80. The number of hydrogen-bond donors (Lipinski definition) is 1. The Morgan fingerprint density at radius 1 is 1.24 bits per heavy atom. The van der Waals surface area contributed by atoms with Gasteiger partial charge in [-0.3, -0.25) is 19.8 Å². The number of alkyl halides is 3. The van der Waals surface area contributed by atoms with Gasteiger partial charge in [0.05, 0.1) is 0 Å². The molecule has 29 heavy (non-hydrogen) atoms. The van der Waals surface area contributed by atoms with E-state index in [0.29, 0.717) is 5.56 Å². The Morgan fingerprint density at radius 3 is 2.69 bits per heavy atom. The van der Waals surface area contributed by atoms with E-state index in [1.807, 2.05) is 0 Å². The van der Waals surface area contributed by atoms with Gasteiger partial charge in [-0.05, 0) is 42.6 Å². The fraction of sp³-hybridized carbons (Fsp3) is 0.105. The number of rotatable bonds is 5. The highest BCUT2D eigenvalue weighted by Gasteiger charge is 2.33. The molecule has 0 aliphatic carbocycles. The Kier molecular flexibility index (Phi) is 5.55. The maximum absolute atomic E-state index is 12.5. The summed E-state index contributed by atoms with van der Waals surface area (Å²) in [6.45, 7) is 3.65. The van der Waals surface area contributed by atoms with Gasteiger partial charge in [0.25, 0.3) is 11.8 Å². The molecule has 1 aliphatic rings. The van der Waals surface area contributed by atoms with E-state index in [1.54, 1.807) is 0 Å². The lowest BCUT2D eigenvalue weighted by Gasteiger charge is -2.27. The number of furan rings is 1. The van der Waals surface area contributed by atoms with Crippen molar-refractivity contribution in [2.75, 3.05) is 6.54 Å². The molecule has 1 N–H and O–H groups in total. The molecule has 0 unspecified atom stereocenters. The fourth-order valence-electron chi connectivity index (χ4n) is 2.56. The van der Waals surface area contributed by atoms with Crippen LogP contribution in [0.1, 0.15) is 5.76 Å². The van der Waals surface area contributed by atoms with Crippen LogP contribution in [0, 0.1) is 0 Å². The van der Waals surface area contributed by atoms with Crippen LogP contribution >= 0.6 is 12.2 Å². The van der Waals surface area contributed by atoms with Crippen LogP contribution in [0.3, 0.4) is 0 Å². The first-order valence-corrected chi connectivity index (χ1v) is 8.54.